The summed E-state index contributed by atoms with van der Waals surface area (Å²) >= 11 is 0. The van der Waals surface area contributed by atoms with E-state index in [1.165, 1.54) is 6.33 Å². The Morgan fingerprint density at radius 1 is 0.968 bits per heavy atom. The Morgan fingerprint density at radius 3 is 2.26 bits per heavy atom. The number of benzene rings is 3. The number of pyridine rings is 1. The van der Waals surface area contributed by atoms with Crippen LogP contribution in [0, 0.1) is 6.92 Å². The Morgan fingerprint density at radius 2 is 1.65 bits per heavy atom. The van der Waals surface area contributed by atoms with E-state index in [4.69, 9.17) is 0 Å². The summed E-state index contributed by atoms with van der Waals surface area (Å²) in [5.74, 6) is -0.187. The predicted octanol–water partition coefficient (Wildman–Crippen LogP) is 3.08. The standard InChI is InChI=1S/C23H18N6O2/c1-15-12-16(10-11-19(15)29-14-24-26-27-29)25-22(30)13-28-20-8-4-2-6-17(20)23(31)18-7-3-5-9-21(18)28/h2-12,14H,13H2,1H3,(H,25,30). The Hall–Kier alpha value is -4.33. The third-order valence-electron chi connectivity index (χ3n) is 5.26. The first-order valence-electron chi connectivity index (χ1n) is 9.76. The van der Waals surface area contributed by atoms with Crippen molar-refractivity contribution in [3.8, 4) is 5.69 Å². The molecule has 8 nitrogen and oxygen atoms in total. The monoisotopic (exact) mass is 410 g/mol. The number of rotatable bonds is 4. The van der Waals surface area contributed by atoms with Crippen molar-refractivity contribution in [3.63, 3.8) is 0 Å². The molecule has 2 aromatic heterocycles. The lowest BCUT2D eigenvalue weighted by Gasteiger charge is -2.15. The van der Waals surface area contributed by atoms with Crippen molar-refractivity contribution in [2.24, 2.45) is 0 Å². The smallest absolute Gasteiger partial charge is 0.244 e. The lowest BCUT2D eigenvalue weighted by atomic mass is 10.1. The molecule has 0 saturated carbocycles. The van der Waals surface area contributed by atoms with Crippen molar-refractivity contribution in [1.29, 1.82) is 0 Å². The van der Waals surface area contributed by atoms with Gasteiger partial charge in [0.2, 0.25) is 5.91 Å². The van der Waals surface area contributed by atoms with Gasteiger partial charge < -0.3 is 9.88 Å². The molecule has 31 heavy (non-hydrogen) atoms. The summed E-state index contributed by atoms with van der Waals surface area (Å²) in [6, 6.07) is 20.2. The number of hydrogen-bond donors (Lipinski definition) is 1. The molecular formula is C23H18N6O2. The molecule has 152 valence electrons. The third kappa shape index (κ3) is 3.33. The van der Waals surface area contributed by atoms with Gasteiger partial charge in [-0.25, -0.2) is 4.68 Å². The Kier molecular flexibility index (Phi) is 4.51. The summed E-state index contributed by atoms with van der Waals surface area (Å²) in [7, 11) is 0. The maximum absolute atomic E-state index is 12.9. The minimum atomic E-state index is -0.187. The van der Waals surface area contributed by atoms with E-state index in [0.717, 1.165) is 22.3 Å². The first kappa shape index (κ1) is 18.7. The van der Waals surface area contributed by atoms with Gasteiger partial charge in [0.05, 0.1) is 16.7 Å². The number of aromatic nitrogens is 5. The highest BCUT2D eigenvalue weighted by atomic mass is 16.2. The van der Waals surface area contributed by atoms with Crippen LogP contribution < -0.4 is 10.7 Å². The number of para-hydroxylation sites is 2. The van der Waals surface area contributed by atoms with Crippen LogP contribution in [-0.2, 0) is 11.3 Å². The lowest BCUT2D eigenvalue weighted by Crippen LogP contribution is -2.21. The molecule has 0 aliphatic heterocycles. The molecule has 0 bridgehead atoms. The average molecular weight is 410 g/mol. The maximum atomic E-state index is 12.9. The number of hydrogen-bond acceptors (Lipinski definition) is 5. The molecule has 8 heteroatoms. The van der Waals surface area contributed by atoms with Gasteiger partial charge in [-0.2, -0.15) is 0 Å². The number of carbonyl (C=O) groups excluding carboxylic acids is 1. The number of carbonyl (C=O) groups is 1. The number of anilines is 1. The van der Waals surface area contributed by atoms with Gasteiger partial charge in [-0.1, -0.05) is 24.3 Å². The van der Waals surface area contributed by atoms with E-state index in [1.54, 1.807) is 16.8 Å². The summed E-state index contributed by atoms with van der Waals surface area (Å²) in [5.41, 5.74) is 3.86. The number of aryl methyl sites for hydroxylation is 1. The fourth-order valence-corrected chi connectivity index (χ4v) is 3.85. The molecule has 5 aromatic rings. The third-order valence-corrected chi connectivity index (χ3v) is 5.26. The van der Waals surface area contributed by atoms with E-state index in [9.17, 15) is 9.59 Å². The Labute approximate surface area is 176 Å². The minimum Gasteiger partial charge on any atom is -0.331 e. The average Bonchev–Trinajstić information content (AvgIpc) is 3.31. The fourth-order valence-electron chi connectivity index (χ4n) is 3.85. The van der Waals surface area contributed by atoms with Crippen LogP contribution in [0.15, 0.2) is 77.9 Å². The highest BCUT2D eigenvalue weighted by Gasteiger charge is 2.13. The maximum Gasteiger partial charge on any atom is 0.244 e. The molecule has 0 spiro atoms. The van der Waals surface area contributed by atoms with Crippen LogP contribution in [0.1, 0.15) is 5.56 Å². The van der Waals surface area contributed by atoms with Crippen molar-refractivity contribution in [1.82, 2.24) is 24.8 Å². The van der Waals surface area contributed by atoms with Crippen LogP contribution in [0.4, 0.5) is 5.69 Å². The zero-order valence-electron chi connectivity index (χ0n) is 16.7. The lowest BCUT2D eigenvalue weighted by molar-refractivity contribution is -0.116. The summed E-state index contributed by atoms with van der Waals surface area (Å²) in [6.45, 7) is 2.00. The van der Waals surface area contributed by atoms with Gasteiger partial charge >= 0.3 is 0 Å². The zero-order valence-corrected chi connectivity index (χ0v) is 16.7. The molecular weight excluding hydrogens is 392 g/mol. The van der Waals surface area contributed by atoms with Crippen LogP contribution in [0.25, 0.3) is 27.5 Å². The van der Waals surface area contributed by atoms with Crippen LogP contribution >= 0.6 is 0 Å². The Bertz CT molecular complexity index is 1430. The van der Waals surface area contributed by atoms with E-state index >= 15 is 0 Å². The van der Waals surface area contributed by atoms with Gasteiger partial charge in [-0.05, 0) is 65.4 Å². The van der Waals surface area contributed by atoms with Crippen LogP contribution in [-0.4, -0.2) is 30.7 Å². The molecule has 1 amide bonds. The largest absolute Gasteiger partial charge is 0.331 e. The minimum absolute atomic E-state index is 0.0309. The molecule has 0 fully saturated rings. The fraction of sp³-hybridized carbons (Fsp3) is 0.0870. The van der Waals surface area contributed by atoms with Crippen LogP contribution in [0.3, 0.4) is 0 Å². The SMILES string of the molecule is Cc1cc(NC(=O)Cn2c3ccccc3c(=O)c3ccccc32)ccc1-n1cnnn1. The van der Waals surface area contributed by atoms with E-state index in [-0.39, 0.29) is 17.9 Å². The number of fused-ring (bicyclic) bond motifs is 2. The highest BCUT2D eigenvalue weighted by Crippen LogP contribution is 2.21. The molecule has 3 aromatic carbocycles. The van der Waals surface area contributed by atoms with Gasteiger partial charge in [0.15, 0.2) is 5.43 Å². The molecule has 0 aliphatic carbocycles. The predicted molar refractivity (Wildman–Crippen MR) is 118 cm³/mol. The van der Waals surface area contributed by atoms with Gasteiger partial charge in [-0.3, -0.25) is 9.59 Å². The second-order valence-electron chi connectivity index (χ2n) is 7.25. The number of nitrogens with one attached hydrogen (secondary N) is 1. The second-order valence-corrected chi connectivity index (χ2v) is 7.25. The van der Waals surface area contributed by atoms with Crippen molar-refractivity contribution < 1.29 is 4.79 Å². The quantitative estimate of drug-likeness (QED) is 0.460. The first-order valence-corrected chi connectivity index (χ1v) is 9.76. The molecule has 1 N–H and O–H groups in total. The van der Waals surface area contributed by atoms with Crippen molar-refractivity contribution in [2.75, 3.05) is 5.32 Å². The van der Waals surface area contributed by atoms with Crippen LogP contribution in [0.5, 0.6) is 0 Å². The number of nitrogens with zero attached hydrogens (tertiary/aromatic N) is 5. The van der Waals surface area contributed by atoms with E-state index in [2.05, 4.69) is 20.8 Å². The van der Waals surface area contributed by atoms with Crippen molar-refractivity contribution in [3.05, 3.63) is 88.8 Å². The summed E-state index contributed by atoms with van der Waals surface area (Å²) in [6.07, 6.45) is 1.52. The molecule has 2 heterocycles. The molecule has 0 aliphatic rings. The van der Waals surface area contributed by atoms with E-state index in [1.807, 2.05) is 66.1 Å². The molecule has 0 unspecified atom stereocenters. The van der Waals surface area contributed by atoms with Crippen molar-refractivity contribution >= 4 is 33.4 Å². The summed E-state index contributed by atoms with van der Waals surface area (Å²) < 4.78 is 3.45. The summed E-state index contributed by atoms with van der Waals surface area (Å²) in [5, 5.41) is 15.3. The van der Waals surface area contributed by atoms with Crippen molar-refractivity contribution in [2.45, 2.75) is 13.5 Å². The number of tetrazole rings is 1. The first-order chi connectivity index (χ1) is 15.1. The van der Waals surface area contributed by atoms with E-state index in [0.29, 0.717) is 16.5 Å². The van der Waals surface area contributed by atoms with E-state index < -0.39 is 0 Å². The highest BCUT2D eigenvalue weighted by molar-refractivity contribution is 5.97. The molecule has 0 saturated heterocycles. The summed E-state index contributed by atoms with van der Waals surface area (Å²) in [4.78, 5) is 25.8. The van der Waals surface area contributed by atoms with Gasteiger partial charge in [-0.15, -0.1) is 5.10 Å². The number of amides is 1. The Balaban J connectivity index is 1.49. The normalized spacial score (nSPS) is 11.1. The topological polar surface area (TPSA) is 94.7 Å². The van der Waals surface area contributed by atoms with Gasteiger partial charge in [0, 0.05) is 16.5 Å². The van der Waals surface area contributed by atoms with Gasteiger partial charge in [0.1, 0.15) is 12.9 Å². The zero-order chi connectivity index (χ0) is 21.4. The second kappa shape index (κ2) is 7.49. The van der Waals surface area contributed by atoms with Crippen LogP contribution in [0.2, 0.25) is 0 Å². The van der Waals surface area contributed by atoms with Gasteiger partial charge in [0.25, 0.3) is 0 Å². The molecule has 0 atom stereocenters. The molecule has 5 rings (SSSR count). The molecule has 0 radical (unpaired) electrons.